The molecule has 0 unspecified atom stereocenters. The van der Waals surface area contributed by atoms with Crippen LogP contribution in [0.4, 0.5) is 0 Å². The summed E-state index contributed by atoms with van der Waals surface area (Å²) in [4.78, 5) is 0.272. The number of sulfonamides is 1. The van der Waals surface area contributed by atoms with Crippen LogP contribution >= 0.6 is 11.6 Å². The first kappa shape index (κ1) is 17.5. The number of rotatable bonds is 3. The van der Waals surface area contributed by atoms with E-state index in [1.165, 1.54) is 11.6 Å². The first-order chi connectivity index (χ1) is 11.5. The number of nitrogens with zero attached hydrogens (tertiary/aromatic N) is 1. The predicted molar refractivity (Wildman–Crippen MR) is 97.7 cm³/mol. The van der Waals surface area contributed by atoms with Gasteiger partial charge in [-0.3, -0.25) is 0 Å². The normalized spacial score (nSPS) is 19.8. The van der Waals surface area contributed by atoms with E-state index in [1.54, 1.807) is 22.5 Å². The van der Waals surface area contributed by atoms with Gasteiger partial charge in [-0.05, 0) is 43.5 Å². The fraction of sp³-hybridized carbons (Fsp3) is 0.368. The molecule has 2 aromatic rings. The quantitative estimate of drug-likeness (QED) is 0.773. The maximum Gasteiger partial charge on any atom is 0.243 e. The van der Waals surface area contributed by atoms with Crippen molar-refractivity contribution in [2.75, 3.05) is 6.54 Å². The summed E-state index contributed by atoms with van der Waals surface area (Å²) in [6, 6.07) is 14.6. The molecule has 1 aliphatic heterocycles. The molecule has 1 aliphatic rings. The van der Waals surface area contributed by atoms with Gasteiger partial charge in [0.05, 0.1) is 10.9 Å². The molecule has 0 saturated carbocycles. The highest BCUT2D eigenvalue weighted by atomic mass is 35.5. The van der Waals surface area contributed by atoms with Gasteiger partial charge in [-0.15, -0.1) is 0 Å². The number of hydrogen-bond acceptors (Lipinski definition) is 2. The van der Waals surface area contributed by atoms with Crippen LogP contribution in [0, 0.1) is 6.92 Å². The molecular weight excluding hydrogens is 342 g/mol. The summed E-state index contributed by atoms with van der Waals surface area (Å²) in [6.07, 6.45) is 3.84. The van der Waals surface area contributed by atoms with Crippen LogP contribution in [-0.4, -0.2) is 19.3 Å². The topological polar surface area (TPSA) is 37.4 Å². The second-order valence-electron chi connectivity index (χ2n) is 6.35. The molecule has 0 radical (unpaired) electrons. The Hall–Kier alpha value is -1.36. The van der Waals surface area contributed by atoms with Gasteiger partial charge < -0.3 is 0 Å². The van der Waals surface area contributed by atoms with Gasteiger partial charge in [0.1, 0.15) is 0 Å². The molecule has 2 aromatic carbocycles. The highest BCUT2D eigenvalue weighted by Crippen LogP contribution is 2.35. The first-order valence-corrected chi connectivity index (χ1v) is 10.1. The van der Waals surface area contributed by atoms with Crippen molar-refractivity contribution < 1.29 is 8.42 Å². The van der Waals surface area contributed by atoms with Crippen LogP contribution in [0.2, 0.25) is 5.02 Å². The van der Waals surface area contributed by atoms with Crippen LogP contribution < -0.4 is 0 Å². The summed E-state index contributed by atoms with van der Waals surface area (Å²) in [5.41, 5.74) is 2.24. The van der Waals surface area contributed by atoms with Gasteiger partial charge in [-0.2, -0.15) is 4.31 Å². The van der Waals surface area contributed by atoms with Gasteiger partial charge in [0.2, 0.25) is 10.0 Å². The van der Waals surface area contributed by atoms with Gasteiger partial charge in [0, 0.05) is 11.6 Å². The SMILES string of the molecule is Cc1ccc([C@@H]2CCCCCN2S(=O)(=O)c2cccc(Cl)c2)cc1. The third-order valence-electron chi connectivity index (χ3n) is 4.57. The van der Waals surface area contributed by atoms with E-state index in [-0.39, 0.29) is 10.9 Å². The summed E-state index contributed by atoms with van der Waals surface area (Å²) in [6.45, 7) is 2.59. The summed E-state index contributed by atoms with van der Waals surface area (Å²) >= 11 is 6.01. The van der Waals surface area contributed by atoms with Crippen molar-refractivity contribution in [1.82, 2.24) is 4.31 Å². The summed E-state index contributed by atoms with van der Waals surface area (Å²) < 4.78 is 28.1. The molecule has 1 atom stereocenters. The van der Waals surface area contributed by atoms with Crippen molar-refractivity contribution in [3.63, 3.8) is 0 Å². The molecule has 5 heteroatoms. The molecule has 0 N–H and O–H groups in total. The van der Waals surface area contributed by atoms with E-state index in [1.807, 2.05) is 31.2 Å². The van der Waals surface area contributed by atoms with Crippen molar-refractivity contribution in [1.29, 1.82) is 0 Å². The number of benzene rings is 2. The van der Waals surface area contributed by atoms with Gasteiger partial charge in [-0.25, -0.2) is 8.42 Å². The fourth-order valence-electron chi connectivity index (χ4n) is 3.25. The largest absolute Gasteiger partial charge is 0.243 e. The molecular formula is C19H22ClNO2S. The van der Waals surface area contributed by atoms with E-state index < -0.39 is 10.0 Å². The Morgan fingerprint density at radius 1 is 1.04 bits per heavy atom. The Morgan fingerprint density at radius 3 is 2.50 bits per heavy atom. The van der Waals surface area contributed by atoms with Crippen LogP contribution in [0.15, 0.2) is 53.4 Å². The highest BCUT2D eigenvalue weighted by molar-refractivity contribution is 7.89. The van der Waals surface area contributed by atoms with Crippen LogP contribution in [0.5, 0.6) is 0 Å². The highest BCUT2D eigenvalue weighted by Gasteiger charge is 2.33. The summed E-state index contributed by atoms with van der Waals surface area (Å²) in [5, 5.41) is 0.442. The zero-order valence-electron chi connectivity index (χ0n) is 13.8. The van der Waals surface area contributed by atoms with E-state index in [0.717, 1.165) is 31.2 Å². The number of hydrogen-bond donors (Lipinski definition) is 0. The van der Waals surface area contributed by atoms with E-state index in [9.17, 15) is 8.42 Å². The molecule has 128 valence electrons. The maximum atomic E-state index is 13.2. The molecule has 0 aliphatic carbocycles. The van der Waals surface area contributed by atoms with E-state index in [0.29, 0.717) is 11.6 Å². The lowest BCUT2D eigenvalue weighted by Gasteiger charge is -2.29. The second kappa shape index (κ2) is 7.26. The second-order valence-corrected chi connectivity index (χ2v) is 8.68. The van der Waals surface area contributed by atoms with Crippen LogP contribution in [-0.2, 0) is 10.0 Å². The molecule has 0 spiro atoms. The average Bonchev–Trinajstić information content (AvgIpc) is 2.82. The lowest BCUT2D eigenvalue weighted by molar-refractivity contribution is 0.329. The van der Waals surface area contributed by atoms with Crippen molar-refractivity contribution in [3.05, 3.63) is 64.7 Å². The standard InChI is InChI=1S/C19H22ClNO2S/c1-15-9-11-16(12-10-15)19-8-3-2-4-13-21(19)24(22,23)18-7-5-6-17(20)14-18/h5-7,9-12,14,19H,2-4,8,13H2,1H3/t19-/m0/s1. The summed E-state index contributed by atoms with van der Waals surface area (Å²) in [7, 11) is -3.57. The minimum atomic E-state index is -3.57. The molecule has 0 amide bonds. The Bertz CT molecular complexity index is 802. The predicted octanol–water partition coefficient (Wildman–Crippen LogP) is 4.95. The van der Waals surface area contributed by atoms with Gasteiger partial charge in [0.25, 0.3) is 0 Å². The molecule has 0 bridgehead atoms. The van der Waals surface area contributed by atoms with Crippen LogP contribution in [0.25, 0.3) is 0 Å². The van der Waals surface area contributed by atoms with Crippen LogP contribution in [0.1, 0.15) is 42.9 Å². The van der Waals surface area contributed by atoms with E-state index in [4.69, 9.17) is 11.6 Å². The average molecular weight is 364 g/mol. The van der Waals surface area contributed by atoms with Gasteiger partial charge in [-0.1, -0.05) is 60.3 Å². The lowest BCUT2D eigenvalue weighted by atomic mass is 10.0. The van der Waals surface area contributed by atoms with E-state index in [2.05, 4.69) is 0 Å². The Morgan fingerprint density at radius 2 is 1.79 bits per heavy atom. The Balaban J connectivity index is 2.02. The zero-order chi connectivity index (χ0) is 17.2. The van der Waals surface area contributed by atoms with Gasteiger partial charge >= 0.3 is 0 Å². The third kappa shape index (κ3) is 3.66. The monoisotopic (exact) mass is 363 g/mol. The number of aryl methyl sites for hydroxylation is 1. The minimum Gasteiger partial charge on any atom is -0.207 e. The summed E-state index contributed by atoms with van der Waals surface area (Å²) in [5.74, 6) is 0. The Labute approximate surface area is 149 Å². The van der Waals surface area contributed by atoms with Crippen LogP contribution in [0.3, 0.4) is 0 Å². The molecule has 1 fully saturated rings. The van der Waals surface area contributed by atoms with Crippen molar-refractivity contribution >= 4 is 21.6 Å². The van der Waals surface area contributed by atoms with Crippen molar-refractivity contribution in [2.24, 2.45) is 0 Å². The zero-order valence-corrected chi connectivity index (χ0v) is 15.4. The molecule has 3 rings (SSSR count). The smallest absolute Gasteiger partial charge is 0.207 e. The molecule has 0 aromatic heterocycles. The van der Waals surface area contributed by atoms with Gasteiger partial charge in [0.15, 0.2) is 0 Å². The maximum absolute atomic E-state index is 13.2. The molecule has 24 heavy (non-hydrogen) atoms. The Kier molecular flexibility index (Phi) is 5.28. The molecule has 1 saturated heterocycles. The molecule has 3 nitrogen and oxygen atoms in total. The number of halogens is 1. The first-order valence-electron chi connectivity index (χ1n) is 8.32. The lowest BCUT2D eigenvalue weighted by Crippen LogP contribution is -2.34. The third-order valence-corrected chi connectivity index (χ3v) is 6.71. The minimum absolute atomic E-state index is 0.114. The van der Waals surface area contributed by atoms with Crippen molar-refractivity contribution in [2.45, 2.75) is 43.5 Å². The fourth-order valence-corrected chi connectivity index (χ4v) is 5.24. The van der Waals surface area contributed by atoms with Crippen molar-refractivity contribution in [3.8, 4) is 0 Å². The molecule has 1 heterocycles. The van der Waals surface area contributed by atoms with E-state index >= 15 is 0 Å².